The summed E-state index contributed by atoms with van der Waals surface area (Å²) in [6.45, 7) is 4.24. The molecule has 8 heteroatoms. The molecule has 0 amide bonds. The molecule has 2 N–H and O–H groups in total. The first-order chi connectivity index (χ1) is 8.20. The average Bonchev–Trinajstić information content (AvgIpc) is 2.13. The molecule has 1 aliphatic rings. The van der Waals surface area contributed by atoms with Crippen LogP contribution < -0.4 is 10.0 Å². The highest BCUT2D eigenvalue weighted by atomic mass is 32.2. The molecule has 1 aliphatic heterocycles. The summed E-state index contributed by atoms with van der Waals surface area (Å²) in [6.07, 6.45) is 1.12. The molecule has 108 valence electrons. The highest BCUT2D eigenvalue weighted by Crippen LogP contribution is 2.12. The summed E-state index contributed by atoms with van der Waals surface area (Å²) >= 11 is 0. The van der Waals surface area contributed by atoms with E-state index in [1.54, 1.807) is 0 Å². The second-order valence-corrected chi connectivity index (χ2v) is 9.10. The van der Waals surface area contributed by atoms with E-state index in [4.69, 9.17) is 0 Å². The van der Waals surface area contributed by atoms with E-state index in [1.807, 2.05) is 13.8 Å². The van der Waals surface area contributed by atoms with Gasteiger partial charge in [0.05, 0.1) is 17.3 Å². The van der Waals surface area contributed by atoms with Crippen molar-refractivity contribution in [1.29, 1.82) is 0 Å². The Balaban J connectivity index is 2.45. The molecule has 1 fully saturated rings. The van der Waals surface area contributed by atoms with Gasteiger partial charge < -0.3 is 5.32 Å². The molecule has 1 heterocycles. The largest absolute Gasteiger partial charge is 0.313 e. The maximum Gasteiger partial charge on any atom is 0.213 e. The smallest absolute Gasteiger partial charge is 0.213 e. The zero-order valence-electron chi connectivity index (χ0n) is 10.8. The third-order valence-corrected chi connectivity index (χ3v) is 5.99. The summed E-state index contributed by atoms with van der Waals surface area (Å²) in [4.78, 5) is 0. The fraction of sp³-hybridized carbons (Fsp3) is 1.00. The molecule has 1 unspecified atom stereocenters. The van der Waals surface area contributed by atoms with Gasteiger partial charge in [-0.15, -0.1) is 0 Å². The normalized spacial score (nSPS) is 24.3. The van der Waals surface area contributed by atoms with Crippen LogP contribution in [0.2, 0.25) is 0 Å². The van der Waals surface area contributed by atoms with Crippen LogP contribution in [0.25, 0.3) is 0 Å². The number of rotatable bonds is 6. The molecule has 18 heavy (non-hydrogen) atoms. The average molecular weight is 298 g/mol. The Bertz CT molecular complexity index is 456. The van der Waals surface area contributed by atoms with Crippen molar-refractivity contribution in [3.05, 3.63) is 0 Å². The molecular formula is C10H22N2O4S2. The van der Waals surface area contributed by atoms with Gasteiger partial charge in [-0.25, -0.2) is 21.6 Å². The molecule has 0 saturated carbocycles. The van der Waals surface area contributed by atoms with Gasteiger partial charge in [-0.05, 0) is 12.8 Å². The van der Waals surface area contributed by atoms with Crippen LogP contribution in [0.5, 0.6) is 0 Å². The lowest BCUT2D eigenvalue weighted by Crippen LogP contribution is -2.45. The fourth-order valence-electron chi connectivity index (χ4n) is 1.91. The van der Waals surface area contributed by atoms with Crippen LogP contribution in [0.3, 0.4) is 0 Å². The zero-order valence-corrected chi connectivity index (χ0v) is 12.5. The van der Waals surface area contributed by atoms with Crippen LogP contribution in [-0.4, -0.2) is 52.7 Å². The molecule has 1 rings (SSSR count). The Hall–Kier alpha value is -0.180. The van der Waals surface area contributed by atoms with Gasteiger partial charge in [0.1, 0.15) is 0 Å². The van der Waals surface area contributed by atoms with Crippen molar-refractivity contribution in [3.8, 4) is 0 Å². The fourth-order valence-corrected chi connectivity index (χ4v) is 4.87. The van der Waals surface area contributed by atoms with E-state index in [0.717, 1.165) is 0 Å². The molecule has 0 spiro atoms. The number of nitrogens with one attached hydrogen (secondary N) is 2. The summed E-state index contributed by atoms with van der Waals surface area (Å²) in [5.41, 5.74) is 0. The van der Waals surface area contributed by atoms with Gasteiger partial charge in [0.2, 0.25) is 10.0 Å². The van der Waals surface area contributed by atoms with Crippen molar-refractivity contribution in [2.24, 2.45) is 0 Å². The van der Waals surface area contributed by atoms with E-state index in [1.165, 1.54) is 0 Å². The maximum atomic E-state index is 11.7. The van der Waals surface area contributed by atoms with Gasteiger partial charge in [0.25, 0.3) is 0 Å². The second-order valence-electron chi connectivity index (χ2n) is 5.00. The number of hydrogen-bond donors (Lipinski definition) is 2. The van der Waals surface area contributed by atoms with E-state index in [0.29, 0.717) is 19.4 Å². The van der Waals surface area contributed by atoms with Gasteiger partial charge in [-0.3, -0.25) is 0 Å². The van der Waals surface area contributed by atoms with Crippen molar-refractivity contribution >= 4 is 19.9 Å². The minimum absolute atomic E-state index is 0.0261. The standard InChI is InChI=1S/C10H22N2O4S2/c1-9(2)11-5-7-18(15,16)12-10-4-3-6-17(13,14)8-10/h9-12H,3-8H2,1-2H3. The van der Waals surface area contributed by atoms with Crippen LogP contribution in [0.15, 0.2) is 0 Å². The summed E-state index contributed by atoms with van der Waals surface area (Å²) in [7, 11) is -6.48. The van der Waals surface area contributed by atoms with E-state index < -0.39 is 25.9 Å². The van der Waals surface area contributed by atoms with E-state index >= 15 is 0 Å². The van der Waals surface area contributed by atoms with Crippen molar-refractivity contribution in [3.63, 3.8) is 0 Å². The lowest BCUT2D eigenvalue weighted by atomic mass is 10.2. The third-order valence-electron chi connectivity index (χ3n) is 2.73. The number of sulfonamides is 1. The molecule has 0 radical (unpaired) electrons. The minimum atomic E-state index is -3.40. The van der Waals surface area contributed by atoms with Gasteiger partial charge in [-0.1, -0.05) is 13.8 Å². The highest BCUT2D eigenvalue weighted by Gasteiger charge is 2.27. The van der Waals surface area contributed by atoms with E-state index in [9.17, 15) is 16.8 Å². The molecule has 1 saturated heterocycles. The topological polar surface area (TPSA) is 92.3 Å². The predicted molar refractivity (Wildman–Crippen MR) is 71.7 cm³/mol. The van der Waals surface area contributed by atoms with Crippen molar-refractivity contribution in [2.75, 3.05) is 23.8 Å². The van der Waals surface area contributed by atoms with Gasteiger partial charge >= 0.3 is 0 Å². The van der Waals surface area contributed by atoms with Crippen molar-refractivity contribution in [2.45, 2.75) is 38.8 Å². The summed E-state index contributed by atoms with van der Waals surface area (Å²) < 4.78 is 48.8. The summed E-state index contributed by atoms with van der Waals surface area (Å²) in [6, 6.07) is -0.233. The Morgan fingerprint density at radius 3 is 2.56 bits per heavy atom. The second kappa shape index (κ2) is 6.31. The first-order valence-electron chi connectivity index (χ1n) is 6.14. The minimum Gasteiger partial charge on any atom is -0.313 e. The zero-order chi connectivity index (χ0) is 13.8. The molecule has 0 aromatic heterocycles. The lowest BCUT2D eigenvalue weighted by Gasteiger charge is -2.23. The van der Waals surface area contributed by atoms with E-state index in [2.05, 4.69) is 10.0 Å². The molecule has 0 bridgehead atoms. The molecule has 0 aromatic carbocycles. The van der Waals surface area contributed by atoms with Gasteiger partial charge in [0, 0.05) is 18.6 Å². The van der Waals surface area contributed by atoms with Crippen LogP contribution in [0.1, 0.15) is 26.7 Å². The molecule has 0 aromatic rings. The van der Waals surface area contributed by atoms with Crippen LogP contribution in [0, 0.1) is 0 Å². The third kappa shape index (κ3) is 6.12. The van der Waals surface area contributed by atoms with Gasteiger partial charge in [-0.2, -0.15) is 0 Å². The van der Waals surface area contributed by atoms with Crippen molar-refractivity contribution < 1.29 is 16.8 Å². The lowest BCUT2D eigenvalue weighted by molar-refractivity contribution is 0.514. The Morgan fingerprint density at radius 1 is 1.33 bits per heavy atom. The van der Waals surface area contributed by atoms with E-state index in [-0.39, 0.29) is 23.3 Å². The first kappa shape index (κ1) is 15.9. The number of sulfone groups is 1. The SMILES string of the molecule is CC(C)NCCS(=O)(=O)NC1CCCS(=O)(=O)C1. The Kier molecular flexibility index (Phi) is 5.57. The quantitative estimate of drug-likeness (QED) is 0.688. The van der Waals surface area contributed by atoms with Crippen LogP contribution >= 0.6 is 0 Å². The van der Waals surface area contributed by atoms with Crippen LogP contribution in [0.4, 0.5) is 0 Å². The Morgan fingerprint density at radius 2 is 2.00 bits per heavy atom. The van der Waals surface area contributed by atoms with Gasteiger partial charge in [0.15, 0.2) is 9.84 Å². The maximum absolute atomic E-state index is 11.7. The molecule has 6 nitrogen and oxygen atoms in total. The summed E-state index contributed by atoms with van der Waals surface area (Å²) in [5, 5.41) is 3.02. The monoisotopic (exact) mass is 298 g/mol. The molecule has 1 atom stereocenters. The predicted octanol–water partition coefficient (Wildman–Crippen LogP) is -0.519. The molecule has 0 aliphatic carbocycles. The van der Waals surface area contributed by atoms with Crippen LogP contribution in [-0.2, 0) is 19.9 Å². The Labute approximate surface area is 110 Å². The summed E-state index contributed by atoms with van der Waals surface area (Å²) in [5.74, 6) is 0.0612. The first-order valence-corrected chi connectivity index (χ1v) is 9.61. The van der Waals surface area contributed by atoms with Crippen molar-refractivity contribution in [1.82, 2.24) is 10.0 Å². The highest BCUT2D eigenvalue weighted by molar-refractivity contribution is 7.91. The number of hydrogen-bond acceptors (Lipinski definition) is 5. The molecular weight excluding hydrogens is 276 g/mol.